The van der Waals surface area contributed by atoms with E-state index in [-0.39, 0.29) is 0 Å². The van der Waals surface area contributed by atoms with E-state index in [1.54, 1.807) is 0 Å². The van der Waals surface area contributed by atoms with Gasteiger partial charge in [-0.1, -0.05) is 63.6 Å². The van der Waals surface area contributed by atoms with Crippen LogP contribution in [0.15, 0.2) is 63.6 Å². The number of halogens is 1. The van der Waals surface area contributed by atoms with Gasteiger partial charge in [-0.15, -0.1) is 0 Å². The number of nitrogens with zero attached hydrogens (tertiary/aromatic N) is 2. The van der Waals surface area contributed by atoms with Gasteiger partial charge in [0.1, 0.15) is 6.04 Å². The van der Waals surface area contributed by atoms with E-state index >= 15 is 0 Å². The lowest BCUT2D eigenvalue weighted by molar-refractivity contribution is 0.367. The van der Waals surface area contributed by atoms with Gasteiger partial charge in [-0.05, 0) is 17.7 Å². The van der Waals surface area contributed by atoms with E-state index in [1.807, 2.05) is 54.6 Å². The average molecular weight is 330 g/mol. The Morgan fingerprint density at radius 2 is 1.70 bits per heavy atom. The van der Waals surface area contributed by atoms with Crippen LogP contribution in [0, 0.1) is 0 Å². The fourth-order valence-electron chi connectivity index (χ4n) is 1.92. The minimum absolute atomic E-state index is 0.405. The summed E-state index contributed by atoms with van der Waals surface area (Å²) in [6.45, 7) is 0. The molecular formula is C15H12BrN3O. The van der Waals surface area contributed by atoms with Gasteiger partial charge in [0.25, 0.3) is 0 Å². The third-order valence-electron chi connectivity index (χ3n) is 2.98. The second kappa shape index (κ2) is 5.56. The summed E-state index contributed by atoms with van der Waals surface area (Å²) in [7, 11) is 0. The van der Waals surface area contributed by atoms with Gasteiger partial charge in [0.15, 0.2) is 0 Å². The summed E-state index contributed by atoms with van der Waals surface area (Å²) in [4.78, 5) is 4.38. The molecule has 2 aromatic carbocycles. The molecule has 1 aromatic heterocycles. The lowest BCUT2D eigenvalue weighted by Crippen LogP contribution is -2.11. The van der Waals surface area contributed by atoms with Gasteiger partial charge in [-0.3, -0.25) is 0 Å². The maximum atomic E-state index is 6.14. The van der Waals surface area contributed by atoms with Crippen LogP contribution in [-0.2, 0) is 0 Å². The van der Waals surface area contributed by atoms with Gasteiger partial charge in [0, 0.05) is 10.0 Å². The summed E-state index contributed by atoms with van der Waals surface area (Å²) in [6, 6.07) is 17.0. The number of hydrogen-bond acceptors (Lipinski definition) is 4. The molecule has 4 nitrogen and oxygen atoms in total. The fraction of sp³-hybridized carbons (Fsp3) is 0.0667. The summed E-state index contributed by atoms with van der Waals surface area (Å²) in [5.41, 5.74) is 7.96. The van der Waals surface area contributed by atoms with E-state index in [0.29, 0.717) is 11.7 Å². The van der Waals surface area contributed by atoms with Gasteiger partial charge in [0.2, 0.25) is 11.7 Å². The molecule has 0 aliphatic carbocycles. The van der Waals surface area contributed by atoms with Crippen LogP contribution in [0.2, 0.25) is 0 Å². The first-order valence-corrected chi connectivity index (χ1v) is 6.94. The van der Waals surface area contributed by atoms with Crippen molar-refractivity contribution in [2.45, 2.75) is 6.04 Å². The van der Waals surface area contributed by atoms with Crippen molar-refractivity contribution in [2.75, 3.05) is 0 Å². The molecule has 2 N–H and O–H groups in total. The minimum Gasteiger partial charge on any atom is -0.337 e. The van der Waals surface area contributed by atoms with E-state index in [0.717, 1.165) is 15.6 Å². The number of hydrogen-bond donors (Lipinski definition) is 1. The zero-order valence-corrected chi connectivity index (χ0v) is 12.1. The molecule has 0 amide bonds. The topological polar surface area (TPSA) is 64.9 Å². The lowest BCUT2D eigenvalue weighted by Gasteiger charge is -2.05. The zero-order chi connectivity index (χ0) is 13.9. The fourth-order valence-corrected chi connectivity index (χ4v) is 2.38. The SMILES string of the molecule is N[C@H](c1ccccc1)c1nc(-c2ccccc2Br)no1. The number of aromatic nitrogens is 2. The summed E-state index contributed by atoms with van der Waals surface area (Å²) in [5, 5.41) is 4.00. The van der Waals surface area contributed by atoms with Gasteiger partial charge >= 0.3 is 0 Å². The molecule has 0 bridgehead atoms. The Morgan fingerprint density at radius 1 is 1.00 bits per heavy atom. The molecular weight excluding hydrogens is 318 g/mol. The Hall–Kier alpha value is -1.98. The first-order valence-electron chi connectivity index (χ1n) is 6.15. The molecule has 0 aliphatic rings. The maximum Gasteiger partial charge on any atom is 0.248 e. The van der Waals surface area contributed by atoms with Crippen molar-refractivity contribution in [3.05, 3.63) is 70.5 Å². The minimum atomic E-state index is -0.417. The molecule has 0 fully saturated rings. The quantitative estimate of drug-likeness (QED) is 0.798. The zero-order valence-electron chi connectivity index (χ0n) is 10.5. The molecule has 5 heteroatoms. The third-order valence-corrected chi connectivity index (χ3v) is 3.67. The van der Waals surface area contributed by atoms with Crippen molar-refractivity contribution >= 4 is 15.9 Å². The third kappa shape index (κ3) is 2.50. The van der Waals surface area contributed by atoms with Crippen molar-refractivity contribution in [3.8, 4) is 11.4 Å². The van der Waals surface area contributed by atoms with Crippen LogP contribution in [0.1, 0.15) is 17.5 Å². The number of benzene rings is 2. The highest BCUT2D eigenvalue weighted by Gasteiger charge is 2.18. The predicted molar refractivity (Wildman–Crippen MR) is 79.9 cm³/mol. The molecule has 0 saturated heterocycles. The molecule has 20 heavy (non-hydrogen) atoms. The Kier molecular flexibility index (Phi) is 3.62. The molecule has 3 rings (SSSR count). The van der Waals surface area contributed by atoms with Crippen LogP contribution >= 0.6 is 15.9 Å². The van der Waals surface area contributed by atoms with E-state index in [2.05, 4.69) is 26.1 Å². The van der Waals surface area contributed by atoms with E-state index in [1.165, 1.54) is 0 Å². The van der Waals surface area contributed by atoms with Gasteiger partial charge in [0.05, 0.1) is 0 Å². The standard InChI is InChI=1S/C15H12BrN3O/c16-12-9-5-4-8-11(12)14-18-15(20-19-14)13(17)10-6-2-1-3-7-10/h1-9,13H,17H2/t13-/m1/s1. The summed E-state index contributed by atoms with van der Waals surface area (Å²) in [5.74, 6) is 0.931. The molecule has 0 unspecified atom stereocenters. The van der Waals surface area contributed by atoms with Crippen molar-refractivity contribution in [2.24, 2.45) is 5.73 Å². The van der Waals surface area contributed by atoms with Gasteiger partial charge < -0.3 is 10.3 Å². The number of nitrogens with two attached hydrogens (primary N) is 1. The van der Waals surface area contributed by atoms with Crippen LogP contribution < -0.4 is 5.73 Å². The highest BCUT2D eigenvalue weighted by atomic mass is 79.9. The summed E-state index contributed by atoms with van der Waals surface area (Å²) < 4.78 is 6.20. The van der Waals surface area contributed by atoms with Gasteiger partial charge in [-0.25, -0.2) is 0 Å². The number of rotatable bonds is 3. The van der Waals surface area contributed by atoms with Gasteiger partial charge in [-0.2, -0.15) is 4.98 Å². The first kappa shape index (κ1) is 13.0. The average Bonchev–Trinajstić information content (AvgIpc) is 2.97. The van der Waals surface area contributed by atoms with Crippen molar-refractivity contribution in [3.63, 3.8) is 0 Å². The highest BCUT2D eigenvalue weighted by Crippen LogP contribution is 2.27. The van der Waals surface area contributed by atoms with Crippen LogP contribution in [0.3, 0.4) is 0 Å². The molecule has 1 heterocycles. The first-order chi connectivity index (χ1) is 9.75. The second-order valence-electron chi connectivity index (χ2n) is 4.32. The second-order valence-corrected chi connectivity index (χ2v) is 5.18. The molecule has 0 saturated carbocycles. The molecule has 0 aliphatic heterocycles. The Bertz CT molecular complexity index is 712. The van der Waals surface area contributed by atoms with Crippen molar-refractivity contribution < 1.29 is 4.52 Å². The van der Waals surface area contributed by atoms with Crippen LogP contribution in [0.25, 0.3) is 11.4 Å². The van der Waals surface area contributed by atoms with Crippen molar-refractivity contribution in [1.29, 1.82) is 0 Å². The van der Waals surface area contributed by atoms with Crippen LogP contribution in [0.4, 0.5) is 0 Å². The Morgan fingerprint density at radius 3 is 2.45 bits per heavy atom. The maximum absolute atomic E-state index is 6.14. The highest BCUT2D eigenvalue weighted by molar-refractivity contribution is 9.10. The van der Waals surface area contributed by atoms with E-state index < -0.39 is 6.04 Å². The smallest absolute Gasteiger partial charge is 0.248 e. The summed E-state index contributed by atoms with van der Waals surface area (Å²) in [6.07, 6.45) is 0. The van der Waals surface area contributed by atoms with E-state index in [9.17, 15) is 0 Å². The van der Waals surface area contributed by atoms with E-state index in [4.69, 9.17) is 10.3 Å². The predicted octanol–water partition coefficient (Wildman–Crippen LogP) is 3.55. The monoisotopic (exact) mass is 329 g/mol. The largest absolute Gasteiger partial charge is 0.337 e. The van der Waals surface area contributed by atoms with Crippen molar-refractivity contribution in [1.82, 2.24) is 10.1 Å². The normalized spacial score (nSPS) is 12.3. The molecule has 100 valence electrons. The Labute approximate surface area is 124 Å². The lowest BCUT2D eigenvalue weighted by atomic mass is 10.1. The van der Waals surface area contributed by atoms with Crippen LogP contribution in [0.5, 0.6) is 0 Å². The van der Waals surface area contributed by atoms with Crippen LogP contribution in [-0.4, -0.2) is 10.1 Å². The summed E-state index contributed by atoms with van der Waals surface area (Å²) >= 11 is 3.47. The molecule has 0 radical (unpaired) electrons. The Balaban J connectivity index is 1.93. The molecule has 1 atom stereocenters. The molecule has 3 aromatic rings. The molecule has 0 spiro atoms.